The van der Waals surface area contributed by atoms with E-state index in [0.717, 1.165) is 22.9 Å². The molecule has 21 heavy (non-hydrogen) atoms. The first-order valence-corrected chi connectivity index (χ1v) is 7.20. The van der Waals surface area contributed by atoms with Crippen LogP contribution in [-0.4, -0.2) is 23.7 Å². The topological polar surface area (TPSA) is 62.0 Å². The van der Waals surface area contributed by atoms with Crippen LogP contribution in [-0.2, 0) is 4.79 Å². The summed E-state index contributed by atoms with van der Waals surface area (Å²) in [6, 6.07) is 7.98. The molecule has 4 nitrogen and oxygen atoms in total. The molecule has 0 saturated heterocycles. The van der Waals surface area contributed by atoms with Gasteiger partial charge < -0.3 is 10.3 Å². The van der Waals surface area contributed by atoms with Crippen molar-refractivity contribution in [3.8, 4) is 0 Å². The van der Waals surface area contributed by atoms with Gasteiger partial charge in [-0.05, 0) is 25.3 Å². The highest BCUT2D eigenvalue weighted by molar-refractivity contribution is 6.06. The summed E-state index contributed by atoms with van der Waals surface area (Å²) in [4.78, 5) is 26.1. The maximum absolute atomic E-state index is 12.5. The summed E-state index contributed by atoms with van der Waals surface area (Å²) < 4.78 is 0. The van der Waals surface area contributed by atoms with Crippen LogP contribution in [0, 0.1) is 5.92 Å². The van der Waals surface area contributed by atoms with E-state index in [4.69, 9.17) is 0 Å². The van der Waals surface area contributed by atoms with Gasteiger partial charge in [-0.2, -0.15) is 0 Å². The van der Waals surface area contributed by atoms with Crippen molar-refractivity contribution in [2.24, 2.45) is 5.92 Å². The minimum Gasteiger partial charge on any atom is -0.359 e. The van der Waals surface area contributed by atoms with Gasteiger partial charge in [0.1, 0.15) is 0 Å². The summed E-state index contributed by atoms with van der Waals surface area (Å²) in [5.74, 6) is 0.329. The van der Waals surface area contributed by atoms with Gasteiger partial charge in [0.15, 0.2) is 5.78 Å². The zero-order chi connectivity index (χ0) is 14.8. The Morgan fingerprint density at radius 2 is 2.19 bits per heavy atom. The van der Waals surface area contributed by atoms with E-state index in [1.54, 1.807) is 0 Å². The quantitative estimate of drug-likeness (QED) is 0.669. The Balaban J connectivity index is 1.99. The molecule has 4 heteroatoms. The van der Waals surface area contributed by atoms with E-state index in [9.17, 15) is 9.59 Å². The molecule has 2 aromatic rings. The third-order valence-corrected chi connectivity index (χ3v) is 4.19. The number of fused-ring (bicyclic) bond motifs is 3. The van der Waals surface area contributed by atoms with E-state index in [0.29, 0.717) is 25.1 Å². The molecule has 0 radical (unpaired) electrons. The number of H-pyrrole nitrogens is 1. The predicted octanol–water partition coefficient (Wildman–Crippen LogP) is 2.91. The van der Waals surface area contributed by atoms with Gasteiger partial charge in [-0.3, -0.25) is 9.59 Å². The molecule has 0 saturated carbocycles. The Kier molecular flexibility index (Phi) is 3.60. The number of benzene rings is 1. The van der Waals surface area contributed by atoms with Crippen molar-refractivity contribution in [1.29, 1.82) is 0 Å². The number of ketones is 1. The Morgan fingerprint density at radius 3 is 3.00 bits per heavy atom. The number of aromatic amines is 1. The number of rotatable bonds is 4. The lowest BCUT2D eigenvalue weighted by Crippen LogP contribution is -2.18. The Hall–Kier alpha value is -2.36. The zero-order valence-electron chi connectivity index (χ0n) is 12.0. The molecule has 0 fully saturated rings. The maximum Gasteiger partial charge on any atom is 0.207 e. The SMILES string of the molecule is CC1=Cc2c([nH]c3ccccc23)C(=O)CC1CCNC=O. The molecule has 1 aromatic carbocycles. The number of allylic oxidation sites excluding steroid dienone is 1. The average molecular weight is 282 g/mol. The average Bonchev–Trinajstić information content (AvgIpc) is 2.80. The molecule has 1 amide bonds. The molecule has 0 spiro atoms. The number of hydrogen-bond acceptors (Lipinski definition) is 2. The fourth-order valence-electron chi connectivity index (χ4n) is 3.01. The lowest BCUT2D eigenvalue weighted by Gasteiger charge is -2.14. The second kappa shape index (κ2) is 5.56. The summed E-state index contributed by atoms with van der Waals surface area (Å²) in [6.45, 7) is 2.66. The van der Waals surface area contributed by atoms with E-state index in [1.165, 1.54) is 5.57 Å². The van der Waals surface area contributed by atoms with Crippen molar-refractivity contribution in [2.75, 3.05) is 6.54 Å². The summed E-state index contributed by atoms with van der Waals surface area (Å²) in [7, 11) is 0. The molecule has 1 aliphatic rings. The molecule has 3 rings (SSSR count). The lowest BCUT2D eigenvalue weighted by molar-refractivity contribution is -0.109. The Bertz CT molecular complexity index is 727. The monoisotopic (exact) mass is 282 g/mol. The van der Waals surface area contributed by atoms with Crippen LogP contribution >= 0.6 is 0 Å². The number of aromatic nitrogens is 1. The van der Waals surface area contributed by atoms with E-state index >= 15 is 0 Å². The van der Waals surface area contributed by atoms with Crippen LogP contribution < -0.4 is 5.32 Å². The Labute approximate surface area is 123 Å². The van der Waals surface area contributed by atoms with E-state index < -0.39 is 0 Å². The molecule has 0 aliphatic heterocycles. The van der Waals surface area contributed by atoms with Crippen LogP contribution in [0.2, 0.25) is 0 Å². The standard InChI is InChI=1S/C17H18N2O2/c1-11-8-14-13-4-2-3-5-15(13)19-17(14)16(21)9-12(11)6-7-18-10-20/h2-5,8,10,12,19H,6-7,9H2,1H3,(H,18,20). The summed E-state index contributed by atoms with van der Waals surface area (Å²) >= 11 is 0. The highest BCUT2D eigenvalue weighted by Gasteiger charge is 2.25. The lowest BCUT2D eigenvalue weighted by atomic mass is 9.92. The van der Waals surface area contributed by atoms with Crippen molar-refractivity contribution >= 4 is 29.2 Å². The molecule has 1 aliphatic carbocycles. The highest BCUT2D eigenvalue weighted by Crippen LogP contribution is 2.33. The van der Waals surface area contributed by atoms with Crippen molar-refractivity contribution < 1.29 is 9.59 Å². The second-order valence-electron chi connectivity index (χ2n) is 5.53. The van der Waals surface area contributed by atoms with Crippen molar-refractivity contribution in [3.63, 3.8) is 0 Å². The van der Waals surface area contributed by atoms with E-state index in [2.05, 4.69) is 23.3 Å². The van der Waals surface area contributed by atoms with Crippen LogP contribution in [0.1, 0.15) is 35.8 Å². The van der Waals surface area contributed by atoms with Crippen LogP contribution in [0.4, 0.5) is 0 Å². The number of carbonyl (C=O) groups excluding carboxylic acids is 2. The fourth-order valence-corrected chi connectivity index (χ4v) is 3.01. The van der Waals surface area contributed by atoms with Gasteiger partial charge in [-0.1, -0.05) is 29.8 Å². The first-order valence-electron chi connectivity index (χ1n) is 7.20. The molecule has 2 N–H and O–H groups in total. The number of para-hydroxylation sites is 1. The molecule has 1 atom stereocenters. The Morgan fingerprint density at radius 1 is 1.38 bits per heavy atom. The van der Waals surface area contributed by atoms with E-state index in [1.807, 2.05) is 24.3 Å². The largest absolute Gasteiger partial charge is 0.359 e. The number of amides is 1. The van der Waals surface area contributed by atoms with Crippen LogP contribution in [0.15, 0.2) is 29.8 Å². The highest BCUT2D eigenvalue weighted by atomic mass is 16.1. The molecule has 108 valence electrons. The van der Waals surface area contributed by atoms with E-state index in [-0.39, 0.29) is 11.7 Å². The minimum absolute atomic E-state index is 0.144. The van der Waals surface area contributed by atoms with Gasteiger partial charge >= 0.3 is 0 Å². The molecule has 1 heterocycles. The van der Waals surface area contributed by atoms with Crippen molar-refractivity contribution in [3.05, 3.63) is 41.1 Å². The third-order valence-electron chi connectivity index (χ3n) is 4.19. The smallest absolute Gasteiger partial charge is 0.207 e. The van der Waals surface area contributed by atoms with Gasteiger partial charge in [0, 0.05) is 29.4 Å². The normalized spacial score (nSPS) is 18.0. The zero-order valence-corrected chi connectivity index (χ0v) is 12.0. The van der Waals surface area contributed by atoms with Gasteiger partial charge in [-0.15, -0.1) is 0 Å². The number of carbonyl (C=O) groups is 2. The van der Waals surface area contributed by atoms with Crippen molar-refractivity contribution in [2.45, 2.75) is 19.8 Å². The molecule has 1 unspecified atom stereocenters. The molecule has 0 bridgehead atoms. The van der Waals surface area contributed by atoms with Crippen LogP contribution in [0.3, 0.4) is 0 Å². The number of hydrogen-bond donors (Lipinski definition) is 2. The van der Waals surface area contributed by atoms with Crippen LogP contribution in [0.5, 0.6) is 0 Å². The number of Topliss-reactive ketones (excluding diaryl/α,β-unsaturated/α-hetero) is 1. The van der Waals surface area contributed by atoms with Gasteiger partial charge in [0.2, 0.25) is 6.41 Å². The van der Waals surface area contributed by atoms with Crippen LogP contribution in [0.25, 0.3) is 17.0 Å². The first kappa shape index (κ1) is 13.6. The summed E-state index contributed by atoms with van der Waals surface area (Å²) in [6.07, 6.45) is 4.09. The predicted molar refractivity (Wildman–Crippen MR) is 83.1 cm³/mol. The second-order valence-corrected chi connectivity index (χ2v) is 5.53. The van der Waals surface area contributed by atoms with Gasteiger partial charge in [0.25, 0.3) is 0 Å². The number of nitrogens with one attached hydrogen (secondary N) is 2. The summed E-state index contributed by atoms with van der Waals surface area (Å²) in [5.41, 5.74) is 3.90. The molecule has 1 aromatic heterocycles. The first-order chi connectivity index (χ1) is 10.2. The van der Waals surface area contributed by atoms with Gasteiger partial charge in [-0.25, -0.2) is 0 Å². The van der Waals surface area contributed by atoms with Gasteiger partial charge in [0.05, 0.1) is 5.69 Å². The fraction of sp³-hybridized carbons (Fsp3) is 0.294. The third kappa shape index (κ3) is 2.49. The summed E-state index contributed by atoms with van der Waals surface area (Å²) in [5, 5.41) is 3.76. The molecular formula is C17H18N2O2. The maximum atomic E-state index is 12.5. The molecular weight excluding hydrogens is 264 g/mol. The minimum atomic E-state index is 0.144. The van der Waals surface area contributed by atoms with Crippen molar-refractivity contribution in [1.82, 2.24) is 10.3 Å².